The Morgan fingerprint density at radius 2 is 2.29 bits per heavy atom. The van der Waals surface area contributed by atoms with Crippen molar-refractivity contribution in [1.29, 1.82) is 5.26 Å². The van der Waals surface area contributed by atoms with Crippen LogP contribution in [-0.2, 0) is 16.1 Å². The molecule has 0 fully saturated rings. The first-order valence-electron chi connectivity index (χ1n) is 5.56. The molecule has 0 heterocycles. The van der Waals surface area contributed by atoms with Crippen LogP contribution in [0.4, 0.5) is 0 Å². The summed E-state index contributed by atoms with van der Waals surface area (Å²) in [7, 11) is 1.61. The molecule has 1 aromatic carbocycles. The number of hydrogen-bond acceptors (Lipinski definition) is 3. The molecule has 0 N–H and O–H groups in total. The summed E-state index contributed by atoms with van der Waals surface area (Å²) >= 11 is 0. The third-order valence-corrected chi connectivity index (χ3v) is 2.15. The van der Waals surface area contributed by atoms with Gasteiger partial charge in [0.25, 0.3) is 0 Å². The zero-order chi connectivity index (χ0) is 12.3. The van der Waals surface area contributed by atoms with E-state index in [1.807, 2.05) is 30.4 Å². The fourth-order valence-corrected chi connectivity index (χ4v) is 1.40. The smallest absolute Gasteiger partial charge is 0.146 e. The molecule has 0 aliphatic heterocycles. The van der Waals surface area contributed by atoms with Gasteiger partial charge in [-0.05, 0) is 23.6 Å². The number of allylic oxidation sites excluding steroid dienone is 1. The van der Waals surface area contributed by atoms with Gasteiger partial charge in [0.2, 0.25) is 0 Å². The monoisotopic (exact) mass is 231 g/mol. The van der Waals surface area contributed by atoms with Crippen molar-refractivity contribution in [2.75, 3.05) is 13.9 Å². The first kappa shape index (κ1) is 13.4. The number of nitriles is 1. The van der Waals surface area contributed by atoms with Gasteiger partial charge in [-0.2, -0.15) is 5.26 Å². The topological polar surface area (TPSA) is 42.2 Å². The van der Waals surface area contributed by atoms with Crippen molar-refractivity contribution in [3.05, 3.63) is 41.5 Å². The molecule has 17 heavy (non-hydrogen) atoms. The Morgan fingerprint density at radius 3 is 3.06 bits per heavy atom. The highest BCUT2D eigenvalue weighted by Crippen LogP contribution is 2.09. The number of methoxy groups -OCH3 is 1. The second-order valence-corrected chi connectivity index (χ2v) is 3.60. The van der Waals surface area contributed by atoms with E-state index in [0.717, 1.165) is 17.5 Å². The van der Waals surface area contributed by atoms with Gasteiger partial charge in [-0.1, -0.05) is 30.4 Å². The van der Waals surface area contributed by atoms with E-state index in [1.54, 1.807) is 7.11 Å². The van der Waals surface area contributed by atoms with E-state index in [-0.39, 0.29) is 0 Å². The van der Waals surface area contributed by atoms with Crippen LogP contribution in [0, 0.1) is 11.3 Å². The number of hydrogen-bond donors (Lipinski definition) is 0. The average Bonchev–Trinajstić information content (AvgIpc) is 2.36. The highest BCUT2D eigenvalue weighted by molar-refractivity contribution is 5.50. The maximum absolute atomic E-state index is 8.42. The Balaban J connectivity index is 2.48. The van der Waals surface area contributed by atoms with Crippen LogP contribution in [0.15, 0.2) is 30.3 Å². The fraction of sp³-hybridized carbons (Fsp3) is 0.357. The minimum absolute atomic E-state index is 0.308. The quantitative estimate of drug-likeness (QED) is 0.535. The van der Waals surface area contributed by atoms with Crippen molar-refractivity contribution < 1.29 is 9.47 Å². The average molecular weight is 231 g/mol. The third-order valence-electron chi connectivity index (χ3n) is 2.15. The van der Waals surface area contributed by atoms with Crippen LogP contribution in [0.5, 0.6) is 0 Å². The van der Waals surface area contributed by atoms with Crippen LogP contribution in [0.1, 0.15) is 24.0 Å². The summed E-state index contributed by atoms with van der Waals surface area (Å²) in [5, 5.41) is 8.42. The van der Waals surface area contributed by atoms with Gasteiger partial charge >= 0.3 is 0 Å². The van der Waals surface area contributed by atoms with E-state index >= 15 is 0 Å². The Bertz CT molecular complexity index is 393. The predicted octanol–water partition coefficient (Wildman–Crippen LogP) is 3.12. The Hall–Kier alpha value is -1.63. The molecule has 0 amide bonds. The van der Waals surface area contributed by atoms with E-state index in [1.165, 1.54) is 0 Å². The summed E-state index contributed by atoms with van der Waals surface area (Å²) in [6, 6.07) is 10.2. The van der Waals surface area contributed by atoms with Gasteiger partial charge < -0.3 is 9.47 Å². The van der Waals surface area contributed by atoms with Gasteiger partial charge in [-0.3, -0.25) is 0 Å². The fourth-order valence-electron chi connectivity index (χ4n) is 1.40. The zero-order valence-electron chi connectivity index (χ0n) is 10.1. The lowest BCUT2D eigenvalue weighted by molar-refractivity contribution is -0.0390. The van der Waals surface area contributed by atoms with Crippen molar-refractivity contribution in [2.24, 2.45) is 0 Å². The minimum Gasteiger partial charge on any atom is -0.359 e. The van der Waals surface area contributed by atoms with E-state index in [2.05, 4.69) is 12.1 Å². The summed E-state index contributed by atoms with van der Waals surface area (Å²) in [5.74, 6) is 0. The number of nitrogens with zero attached hydrogens (tertiary/aromatic N) is 1. The van der Waals surface area contributed by atoms with E-state index in [9.17, 15) is 0 Å². The Labute approximate surface area is 102 Å². The standard InChI is InChI=1S/C14H17NO2/c1-16-12-17-11-14-8-5-7-13(10-14)6-3-2-4-9-15/h3,5-8,10H,2,4,11-12H2,1H3/b6-3+. The SMILES string of the molecule is COCOCc1cccc(/C=C/CCC#N)c1. The molecule has 0 spiro atoms. The molecule has 0 bridgehead atoms. The first-order valence-corrected chi connectivity index (χ1v) is 5.56. The molecule has 1 aromatic rings. The van der Waals surface area contributed by atoms with Crippen molar-refractivity contribution >= 4 is 6.08 Å². The Kier molecular flexibility index (Phi) is 6.73. The van der Waals surface area contributed by atoms with Crippen LogP contribution in [0.25, 0.3) is 6.08 Å². The summed E-state index contributed by atoms with van der Waals surface area (Å²) < 4.78 is 10.1. The first-order chi connectivity index (χ1) is 8.36. The van der Waals surface area contributed by atoms with Crippen LogP contribution in [0.2, 0.25) is 0 Å². The molecular formula is C14H17NO2. The molecule has 0 atom stereocenters. The molecule has 0 aliphatic rings. The van der Waals surface area contributed by atoms with Gasteiger partial charge in [0.15, 0.2) is 0 Å². The lowest BCUT2D eigenvalue weighted by atomic mass is 10.1. The lowest BCUT2D eigenvalue weighted by Crippen LogP contribution is -1.96. The van der Waals surface area contributed by atoms with Gasteiger partial charge in [0.05, 0.1) is 12.7 Å². The van der Waals surface area contributed by atoms with Crippen molar-refractivity contribution in [3.8, 4) is 6.07 Å². The Morgan fingerprint density at radius 1 is 1.41 bits per heavy atom. The number of benzene rings is 1. The molecule has 3 heteroatoms. The highest BCUT2D eigenvalue weighted by atomic mass is 16.7. The van der Waals surface area contributed by atoms with Gasteiger partial charge in [0.1, 0.15) is 6.79 Å². The van der Waals surface area contributed by atoms with E-state index in [0.29, 0.717) is 19.8 Å². The molecule has 90 valence electrons. The van der Waals surface area contributed by atoms with E-state index < -0.39 is 0 Å². The third kappa shape index (κ3) is 5.86. The molecular weight excluding hydrogens is 214 g/mol. The van der Waals surface area contributed by atoms with Gasteiger partial charge in [-0.25, -0.2) is 0 Å². The largest absolute Gasteiger partial charge is 0.359 e. The minimum atomic E-state index is 0.308. The van der Waals surface area contributed by atoms with Gasteiger partial charge in [-0.15, -0.1) is 0 Å². The second kappa shape index (κ2) is 8.51. The summed E-state index contributed by atoms with van der Waals surface area (Å²) in [5.41, 5.74) is 2.24. The molecule has 3 nitrogen and oxygen atoms in total. The summed E-state index contributed by atoms with van der Waals surface area (Å²) in [4.78, 5) is 0. The van der Waals surface area contributed by atoms with Crippen LogP contribution >= 0.6 is 0 Å². The van der Waals surface area contributed by atoms with Crippen molar-refractivity contribution in [2.45, 2.75) is 19.4 Å². The lowest BCUT2D eigenvalue weighted by Gasteiger charge is -2.03. The number of rotatable bonds is 7. The summed E-state index contributed by atoms with van der Waals surface area (Å²) in [6.45, 7) is 0.857. The molecule has 0 aromatic heterocycles. The van der Waals surface area contributed by atoms with Crippen LogP contribution in [-0.4, -0.2) is 13.9 Å². The maximum Gasteiger partial charge on any atom is 0.146 e. The molecule has 1 rings (SSSR count). The zero-order valence-corrected chi connectivity index (χ0v) is 10.1. The molecule has 0 unspecified atom stereocenters. The molecule has 0 saturated carbocycles. The van der Waals surface area contributed by atoms with Crippen molar-refractivity contribution in [1.82, 2.24) is 0 Å². The summed E-state index contributed by atoms with van der Waals surface area (Å²) in [6.07, 6.45) is 5.39. The second-order valence-electron chi connectivity index (χ2n) is 3.60. The number of ether oxygens (including phenoxy) is 2. The maximum atomic E-state index is 8.42. The highest BCUT2D eigenvalue weighted by Gasteiger charge is 1.94. The van der Waals surface area contributed by atoms with Crippen LogP contribution < -0.4 is 0 Å². The molecule has 0 aliphatic carbocycles. The van der Waals surface area contributed by atoms with Gasteiger partial charge in [0, 0.05) is 13.5 Å². The normalized spacial score (nSPS) is 10.6. The molecule has 0 saturated heterocycles. The van der Waals surface area contributed by atoms with E-state index in [4.69, 9.17) is 14.7 Å². The van der Waals surface area contributed by atoms with Crippen molar-refractivity contribution in [3.63, 3.8) is 0 Å². The van der Waals surface area contributed by atoms with Crippen LogP contribution in [0.3, 0.4) is 0 Å². The molecule has 0 radical (unpaired) electrons. The number of unbranched alkanes of at least 4 members (excludes halogenated alkanes) is 1. The predicted molar refractivity (Wildman–Crippen MR) is 67.0 cm³/mol.